The first-order valence-corrected chi connectivity index (χ1v) is 4.62. The monoisotopic (exact) mass is 195 g/mol. The van der Waals surface area contributed by atoms with Crippen LogP contribution in [0.4, 0.5) is 5.69 Å². The number of aryl methyl sites for hydroxylation is 1. The van der Waals surface area contributed by atoms with E-state index in [9.17, 15) is 4.79 Å². The van der Waals surface area contributed by atoms with Crippen LogP contribution < -0.4 is 11.3 Å². The Labute approximate surface area is 83.9 Å². The zero-order chi connectivity index (χ0) is 10.7. The Morgan fingerprint density at radius 1 is 1.50 bits per heavy atom. The minimum absolute atomic E-state index is 0.0125. The Morgan fingerprint density at radius 3 is 2.71 bits per heavy atom. The molecule has 14 heavy (non-hydrogen) atoms. The van der Waals surface area contributed by atoms with Gasteiger partial charge in [0.2, 0.25) is 0 Å². The van der Waals surface area contributed by atoms with E-state index in [1.807, 2.05) is 25.9 Å². The first-order valence-electron chi connectivity index (χ1n) is 4.62. The van der Waals surface area contributed by atoms with Gasteiger partial charge in [0.25, 0.3) is 5.56 Å². The normalized spacial score (nSPS) is 10.9. The summed E-state index contributed by atoms with van der Waals surface area (Å²) in [5, 5.41) is 0. The molecule has 1 heterocycles. The lowest BCUT2D eigenvalue weighted by molar-refractivity contribution is 0.381. The Kier molecular flexibility index (Phi) is 3.30. The molecule has 0 spiro atoms. The third-order valence-corrected chi connectivity index (χ3v) is 2.16. The highest BCUT2D eigenvalue weighted by atomic mass is 16.1. The van der Waals surface area contributed by atoms with Crippen LogP contribution in [0.5, 0.6) is 0 Å². The van der Waals surface area contributed by atoms with E-state index in [1.165, 1.54) is 0 Å². The van der Waals surface area contributed by atoms with Crippen molar-refractivity contribution in [2.45, 2.75) is 13.5 Å². The predicted molar refractivity (Wildman–Crippen MR) is 58.4 cm³/mol. The number of hydrogen-bond donors (Lipinski definition) is 1. The third kappa shape index (κ3) is 2.60. The Balaban J connectivity index is 2.88. The van der Waals surface area contributed by atoms with Crippen LogP contribution in [0.3, 0.4) is 0 Å². The fraction of sp³-hybridized carbons (Fsp3) is 0.500. The first kappa shape index (κ1) is 10.8. The van der Waals surface area contributed by atoms with E-state index >= 15 is 0 Å². The molecular weight excluding hydrogens is 178 g/mol. The molecule has 0 aliphatic rings. The number of rotatable bonds is 3. The smallest absolute Gasteiger partial charge is 0.250 e. The molecule has 4 heteroatoms. The van der Waals surface area contributed by atoms with Crippen molar-refractivity contribution < 1.29 is 0 Å². The number of nitrogens with two attached hydrogens (primary N) is 1. The van der Waals surface area contributed by atoms with Gasteiger partial charge in [0.1, 0.15) is 0 Å². The molecule has 0 radical (unpaired) electrons. The molecule has 0 unspecified atom stereocenters. The minimum Gasteiger partial charge on any atom is -0.397 e. The molecule has 0 aliphatic carbocycles. The lowest BCUT2D eigenvalue weighted by Gasteiger charge is -2.12. The maximum absolute atomic E-state index is 11.5. The van der Waals surface area contributed by atoms with Crippen LogP contribution in [-0.2, 0) is 6.54 Å². The molecule has 1 rings (SSSR count). The Morgan fingerprint density at radius 2 is 2.14 bits per heavy atom. The van der Waals surface area contributed by atoms with Crippen LogP contribution in [0, 0.1) is 6.92 Å². The number of nitrogen functional groups attached to an aromatic ring is 1. The highest BCUT2D eigenvalue weighted by Crippen LogP contribution is 2.04. The molecule has 1 aromatic rings. The summed E-state index contributed by atoms with van der Waals surface area (Å²) in [4.78, 5) is 13.5. The molecule has 0 bridgehead atoms. The maximum atomic E-state index is 11.5. The van der Waals surface area contributed by atoms with Gasteiger partial charge in [-0.15, -0.1) is 0 Å². The van der Waals surface area contributed by atoms with Crippen molar-refractivity contribution in [3.8, 4) is 0 Å². The van der Waals surface area contributed by atoms with E-state index in [1.54, 1.807) is 16.8 Å². The van der Waals surface area contributed by atoms with Crippen LogP contribution in [0.1, 0.15) is 5.56 Å². The average Bonchev–Trinajstić information content (AvgIpc) is 2.09. The van der Waals surface area contributed by atoms with Crippen LogP contribution in [0.2, 0.25) is 0 Å². The number of aromatic nitrogens is 1. The molecular formula is C10H17N3O. The van der Waals surface area contributed by atoms with Gasteiger partial charge in [0, 0.05) is 25.4 Å². The zero-order valence-electron chi connectivity index (χ0n) is 8.95. The molecule has 0 saturated heterocycles. The highest BCUT2D eigenvalue weighted by molar-refractivity contribution is 5.42. The fourth-order valence-electron chi connectivity index (χ4n) is 1.17. The summed E-state index contributed by atoms with van der Waals surface area (Å²) >= 11 is 0. The molecule has 0 aliphatic heterocycles. The molecule has 78 valence electrons. The summed E-state index contributed by atoms with van der Waals surface area (Å²) in [6, 6.07) is 1.57. The van der Waals surface area contributed by atoms with Crippen LogP contribution >= 0.6 is 0 Å². The molecule has 0 saturated carbocycles. The number of hydrogen-bond acceptors (Lipinski definition) is 3. The second kappa shape index (κ2) is 4.28. The second-order valence-corrected chi connectivity index (χ2v) is 3.75. The topological polar surface area (TPSA) is 51.3 Å². The maximum Gasteiger partial charge on any atom is 0.250 e. The van der Waals surface area contributed by atoms with E-state index < -0.39 is 0 Å². The van der Waals surface area contributed by atoms with E-state index in [2.05, 4.69) is 0 Å². The molecule has 0 fully saturated rings. The van der Waals surface area contributed by atoms with E-state index in [0.717, 1.165) is 12.1 Å². The van der Waals surface area contributed by atoms with Gasteiger partial charge in [0.15, 0.2) is 0 Å². The van der Waals surface area contributed by atoms with Crippen LogP contribution in [0.25, 0.3) is 0 Å². The third-order valence-electron chi connectivity index (χ3n) is 2.16. The number of nitrogens with zero attached hydrogens (tertiary/aromatic N) is 2. The van der Waals surface area contributed by atoms with Gasteiger partial charge in [-0.25, -0.2) is 0 Å². The van der Waals surface area contributed by atoms with Crippen molar-refractivity contribution >= 4 is 5.69 Å². The summed E-state index contributed by atoms with van der Waals surface area (Å²) in [7, 11) is 3.95. The largest absolute Gasteiger partial charge is 0.397 e. The molecule has 0 atom stereocenters. The van der Waals surface area contributed by atoms with E-state index in [-0.39, 0.29) is 5.56 Å². The Bertz CT molecular complexity index is 368. The van der Waals surface area contributed by atoms with Crippen molar-refractivity contribution in [2.75, 3.05) is 26.4 Å². The fourth-order valence-corrected chi connectivity index (χ4v) is 1.17. The van der Waals surface area contributed by atoms with Crippen molar-refractivity contribution in [3.63, 3.8) is 0 Å². The minimum atomic E-state index is 0.0125. The van der Waals surface area contributed by atoms with Crippen molar-refractivity contribution in [1.29, 1.82) is 0 Å². The lowest BCUT2D eigenvalue weighted by atomic mass is 10.2. The number of pyridine rings is 1. The summed E-state index contributed by atoms with van der Waals surface area (Å²) < 4.78 is 1.64. The molecule has 0 amide bonds. The quantitative estimate of drug-likeness (QED) is 0.754. The van der Waals surface area contributed by atoms with Gasteiger partial charge in [-0.2, -0.15) is 0 Å². The van der Waals surface area contributed by atoms with Crippen molar-refractivity contribution in [3.05, 3.63) is 28.2 Å². The zero-order valence-corrected chi connectivity index (χ0v) is 8.95. The summed E-state index contributed by atoms with van der Waals surface area (Å²) in [5.41, 5.74) is 7.25. The van der Waals surface area contributed by atoms with Gasteiger partial charge in [0.05, 0.1) is 5.69 Å². The van der Waals surface area contributed by atoms with Crippen LogP contribution in [0.15, 0.2) is 17.1 Å². The van der Waals surface area contributed by atoms with Gasteiger partial charge in [-0.05, 0) is 26.6 Å². The Hall–Kier alpha value is -1.29. The standard InChI is InChI=1S/C10H17N3O/c1-8-6-10(14)13(7-9(8)11)5-4-12(2)3/h6-7H,4-5,11H2,1-3H3. The lowest BCUT2D eigenvalue weighted by Crippen LogP contribution is -2.26. The second-order valence-electron chi connectivity index (χ2n) is 3.75. The van der Waals surface area contributed by atoms with Crippen molar-refractivity contribution in [1.82, 2.24) is 9.47 Å². The van der Waals surface area contributed by atoms with Crippen molar-refractivity contribution in [2.24, 2.45) is 0 Å². The molecule has 1 aromatic heterocycles. The van der Waals surface area contributed by atoms with Gasteiger partial charge in [-0.3, -0.25) is 4.79 Å². The SMILES string of the molecule is Cc1cc(=O)n(CCN(C)C)cc1N. The van der Waals surface area contributed by atoms with Crippen LogP contribution in [-0.4, -0.2) is 30.1 Å². The molecule has 2 N–H and O–H groups in total. The van der Waals surface area contributed by atoms with E-state index in [4.69, 9.17) is 5.73 Å². The number of anilines is 1. The average molecular weight is 195 g/mol. The van der Waals surface area contributed by atoms with Gasteiger partial charge in [-0.1, -0.05) is 0 Å². The molecule has 4 nitrogen and oxygen atoms in total. The highest BCUT2D eigenvalue weighted by Gasteiger charge is 2.00. The first-order chi connectivity index (χ1) is 6.50. The summed E-state index contributed by atoms with van der Waals surface area (Å²) in [6.07, 6.45) is 1.71. The summed E-state index contributed by atoms with van der Waals surface area (Å²) in [5.74, 6) is 0. The van der Waals surface area contributed by atoms with Gasteiger partial charge < -0.3 is 15.2 Å². The van der Waals surface area contributed by atoms with E-state index in [0.29, 0.717) is 12.2 Å². The summed E-state index contributed by atoms with van der Waals surface area (Å²) in [6.45, 7) is 3.35. The van der Waals surface area contributed by atoms with Gasteiger partial charge >= 0.3 is 0 Å². The molecule has 0 aromatic carbocycles. The predicted octanol–water partition coefficient (Wildman–Crippen LogP) is 0.301. The number of likely N-dealkylation sites (N-methyl/N-ethyl adjacent to an activating group) is 1.